The number of urea groups is 1. The average molecular weight is 538 g/mol. The van der Waals surface area contributed by atoms with Gasteiger partial charge in [-0.2, -0.15) is 0 Å². The van der Waals surface area contributed by atoms with Gasteiger partial charge in [0.25, 0.3) is 5.91 Å². The van der Waals surface area contributed by atoms with Gasteiger partial charge in [-0.3, -0.25) is 19.2 Å². The highest BCUT2D eigenvalue weighted by Crippen LogP contribution is 2.34. The molecule has 0 spiro atoms. The lowest BCUT2D eigenvalue weighted by Gasteiger charge is -2.35. The molecule has 12 heteroatoms. The van der Waals surface area contributed by atoms with Crippen LogP contribution in [-0.2, 0) is 28.7 Å². The number of Topliss-reactive ketones (excluding diaryl/α,β-unsaturated/α-hetero) is 1. The maximum absolute atomic E-state index is 13.6. The molecular formula is C26H43N5O7. The molecule has 0 aromatic rings. The molecule has 5 amide bonds. The summed E-state index contributed by atoms with van der Waals surface area (Å²) in [4.78, 5) is 77.0. The first kappa shape index (κ1) is 31.0. The number of nitrogens with one attached hydrogen (secondary N) is 3. The maximum atomic E-state index is 13.6. The number of esters is 1. The number of hydrogen-bond acceptors (Lipinski definition) is 7. The number of carbonyl (C=O) groups excluding carboxylic acids is 6. The molecule has 1 aliphatic carbocycles. The summed E-state index contributed by atoms with van der Waals surface area (Å²) < 4.78 is 5.28. The molecule has 1 saturated carbocycles. The zero-order chi connectivity index (χ0) is 29.0. The molecule has 4 atom stereocenters. The second kappa shape index (κ2) is 12.1. The first-order valence-electron chi connectivity index (χ1n) is 13.1. The van der Waals surface area contributed by atoms with Crippen molar-refractivity contribution in [2.45, 2.75) is 110 Å². The number of primary amides is 1. The lowest BCUT2D eigenvalue weighted by Crippen LogP contribution is -2.60. The van der Waals surface area contributed by atoms with E-state index >= 15 is 0 Å². The minimum atomic E-state index is -1.11. The number of nitrogens with two attached hydrogens (primary N) is 1. The Hall–Kier alpha value is -3.18. The van der Waals surface area contributed by atoms with Gasteiger partial charge in [0.1, 0.15) is 23.7 Å². The van der Waals surface area contributed by atoms with Crippen molar-refractivity contribution in [3.8, 4) is 0 Å². The van der Waals surface area contributed by atoms with E-state index in [9.17, 15) is 28.8 Å². The monoisotopic (exact) mass is 537 g/mol. The van der Waals surface area contributed by atoms with Crippen molar-refractivity contribution in [1.29, 1.82) is 0 Å². The maximum Gasteiger partial charge on any atom is 0.328 e. The normalized spacial score (nSPS) is 20.1. The van der Waals surface area contributed by atoms with E-state index in [1.54, 1.807) is 41.5 Å². The molecule has 1 aliphatic heterocycles. The van der Waals surface area contributed by atoms with Crippen LogP contribution in [0.1, 0.15) is 80.6 Å². The summed E-state index contributed by atoms with van der Waals surface area (Å²) in [6.07, 6.45) is 3.09. The number of nitrogens with zero attached hydrogens (tertiary/aromatic N) is 1. The van der Waals surface area contributed by atoms with Crippen molar-refractivity contribution < 1.29 is 33.5 Å². The van der Waals surface area contributed by atoms with E-state index in [-0.39, 0.29) is 12.5 Å². The zero-order valence-electron chi connectivity index (χ0n) is 23.5. The molecule has 2 aliphatic rings. The highest BCUT2D eigenvalue weighted by atomic mass is 16.6. The third kappa shape index (κ3) is 8.98. The van der Waals surface area contributed by atoms with Crippen LogP contribution in [0.25, 0.3) is 0 Å². The second-order valence-electron chi connectivity index (χ2n) is 12.3. The summed E-state index contributed by atoms with van der Waals surface area (Å²) in [6, 6.07) is -4.59. The fraction of sp³-hybridized carbons (Fsp3) is 0.769. The van der Waals surface area contributed by atoms with Crippen molar-refractivity contribution in [3.63, 3.8) is 0 Å². The molecule has 2 fully saturated rings. The van der Waals surface area contributed by atoms with Gasteiger partial charge in [-0.1, -0.05) is 33.6 Å². The van der Waals surface area contributed by atoms with E-state index in [0.29, 0.717) is 19.3 Å². The topological polar surface area (TPSA) is 177 Å². The first-order chi connectivity index (χ1) is 17.4. The number of ether oxygens (including phenoxy) is 1. The highest BCUT2D eigenvalue weighted by Gasteiger charge is 2.43. The molecule has 5 N–H and O–H groups in total. The van der Waals surface area contributed by atoms with E-state index in [0.717, 1.165) is 12.8 Å². The molecule has 214 valence electrons. The van der Waals surface area contributed by atoms with Gasteiger partial charge in [0.15, 0.2) is 0 Å². The summed E-state index contributed by atoms with van der Waals surface area (Å²) in [5.41, 5.74) is 3.72. The highest BCUT2D eigenvalue weighted by molar-refractivity contribution is 6.37. The predicted molar refractivity (Wildman–Crippen MR) is 138 cm³/mol. The van der Waals surface area contributed by atoms with Gasteiger partial charge in [0, 0.05) is 6.54 Å². The van der Waals surface area contributed by atoms with Crippen LogP contribution in [0.2, 0.25) is 0 Å². The summed E-state index contributed by atoms with van der Waals surface area (Å²) >= 11 is 0. The van der Waals surface area contributed by atoms with Crippen molar-refractivity contribution >= 4 is 35.5 Å². The van der Waals surface area contributed by atoms with E-state index in [1.807, 2.05) is 0 Å². The van der Waals surface area contributed by atoms with E-state index in [2.05, 4.69) is 16.0 Å². The second-order valence-corrected chi connectivity index (χ2v) is 12.3. The smallest absolute Gasteiger partial charge is 0.328 e. The minimum absolute atomic E-state index is 0.251. The summed E-state index contributed by atoms with van der Waals surface area (Å²) in [5.74, 6) is -3.33. The predicted octanol–water partition coefficient (Wildman–Crippen LogP) is 0.761. The van der Waals surface area contributed by atoms with Crippen LogP contribution in [0.4, 0.5) is 4.79 Å². The molecule has 0 aromatic heterocycles. The third-order valence-electron chi connectivity index (χ3n) is 6.48. The standard InChI is InChI=1S/C26H43N5O7/c1-14(23(36)38-26(5,6)7)28-24(37)30-19(25(2,3)4)22(35)31-12-8-9-17(31)21(34)29-16(13-15-10-11-15)18(32)20(27)33/h14-17,19H,8-13H2,1-7H3,(H2,27,33)(H,29,34)(H2,28,30,37). The van der Waals surface area contributed by atoms with E-state index in [4.69, 9.17) is 10.5 Å². The summed E-state index contributed by atoms with van der Waals surface area (Å²) in [6.45, 7) is 12.2. The van der Waals surface area contributed by atoms with Crippen LogP contribution >= 0.6 is 0 Å². The van der Waals surface area contributed by atoms with Gasteiger partial charge in [0.05, 0.1) is 6.04 Å². The van der Waals surface area contributed by atoms with Gasteiger partial charge in [-0.05, 0) is 58.3 Å². The molecule has 2 rings (SSSR count). The Kier molecular flexibility index (Phi) is 9.90. The van der Waals surface area contributed by atoms with E-state index < -0.39 is 70.7 Å². The zero-order valence-corrected chi connectivity index (χ0v) is 23.5. The van der Waals surface area contributed by atoms with Crippen molar-refractivity contribution in [2.75, 3.05) is 6.54 Å². The van der Waals surface area contributed by atoms with Gasteiger partial charge < -0.3 is 31.3 Å². The Morgan fingerprint density at radius 3 is 2.05 bits per heavy atom. The van der Waals surface area contributed by atoms with E-state index in [1.165, 1.54) is 11.8 Å². The number of likely N-dealkylation sites (tertiary alicyclic amines) is 1. The van der Waals surface area contributed by atoms with Gasteiger partial charge in [0.2, 0.25) is 17.6 Å². The van der Waals surface area contributed by atoms with Crippen LogP contribution in [0.3, 0.4) is 0 Å². The Bertz CT molecular complexity index is 949. The van der Waals surface area contributed by atoms with Crippen LogP contribution in [0.15, 0.2) is 0 Å². The Morgan fingerprint density at radius 2 is 1.55 bits per heavy atom. The third-order valence-corrected chi connectivity index (χ3v) is 6.48. The number of ketones is 1. The largest absolute Gasteiger partial charge is 0.458 e. The quantitative estimate of drug-likeness (QED) is 0.235. The molecule has 4 unspecified atom stereocenters. The SMILES string of the molecule is CC(NC(=O)NC(C(=O)N1CCCC1C(=O)NC(CC1CC1)C(=O)C(N)=O)C(C)(C)C)C(=O)OC(C)(C)C. The molecule has 0 radical (unpaired) electrons. The fourth-order valence-electron chi connectivity index (χ4n) is 4.29. The van der Waals surface area contributed by atoms with Gasteiger partial charge in [-0.25, -0.2) is 9.59 Å². The van der Waals surface area contributed by atoms with Crippen LogP contribution in [0.5, 0.6) is 0 Å². The van der Waals surface area contributed by atoms with Crippen molar-refractivity contribution in [2.24, 2.45) is 17.1 Å². The molecule has 12 nitrogen and oxygen atoms in total. The summed E-state index contributed by atoms with van der Waals surface area (Å²) in [7, 11) is 0. The lowest BCUT2D eigenvalue weighted by atomic mass is 9.85. The number of rotatable bonds is 10. The number of carbonyl (C=O) groups is 6. The molecule has 0 bridgehead atoms. The lowest BCUT2D eigenvalue weighted by molar-refractivity contribution is -0.156. The molecule has 38 heavy (non-hydrogen) atoms. The van der Waals surface area contributed by atoms with Crippen LogP contribution in [0, 0.1) is 11.3 Å². The summed E-state index contributed by atoms with van der Waals surface area (Å²) in [5, 5.41) is 7.79. The first-order valence-corrected chi connectivity index (χ1v) is 13.1. The molecular weight excluding hydrogens is 494 g/mol. The van der Waals surface area contributed by atoms with Crippen LogP contribution in [-0.4, -0.2) is 76.7 Å². The average Bonchev–Trinajstić information content (AvgIpc) is 3.45. The fourth-order valence-corrected chi connectivity index (χ4v) is 4.29. The molecule has 0 aromatic carbocycles. The Morgan fingerprint density at radius 1 is 0.947 bits per heavy atom. The van der Waals surface area contributed by atoms with Gasteiger partial charge >= 0.3 is 12.0 Å². The number of hydrogen-bond donors (Lipinski definition) is 4. The number of amides is 5. The Balaban J connectivity index is 2.11. The van der Waals surface area contributed by atoms with Crippen LogP contribution < -0.4 is 21.7 Å². The van der Waals surface area contributed by atoms with Gasteiger partial charge in [-0.15, -0.1) is 0 Å². The van der Waals surface area contributed by atoms with Crippen molar-refractivity contribution in [1.82, 2.24) is 20.9 Å². The Labute approximate surface area is 224 Å². The minimum Gasteiger partial charge on any atom is -0.458 e. The molecule has 1 saturated heterocycles. The van der Waals surface area contributed by atoms with Crippen molar-refractivity contribution in [3.05, 3.63) is 0 Å². The molecule has 1 heterocycles.